The van der Waals surface area contributed by atoms with Gasteiger partial charge in [0.25, 0.3) is 0 Å². The second kappa shape index (κ2) is 8.49. The van der Waals surface area contributed by atoms with Crippen LogP contribution in [0.25, 0.3) is 11.1 Å². The summed E-state index contributed by atoms with van der Waals surface area (Å²) in [7, 11) is 0. The number of pyridine rings is 1. The molecule has 0 amide bonds. The molecule has 0 N–H and O–H groups in total. The van der Waals surface area contributed by atoms with E-state index in [1.807, 2.05) is 66.7 Å². The number of benzene rings is 3. The van der Waals surface area contributed by atoms with Gasteiger partial charge in [-0.05, 0) is 34.9 Å². The molecule has 0 spiro atoms. The highest BCUT2D eigenvalue weighted by atomic mass is 19.1. The molecule has 0 aliphatic rings. The van der Waals surface area contributed by atoms with Gasteiger partial charge in [-0.3, -0.25) is 4.98 Å². The third-order valence-corrected chi connectivity index (χ3v) is 4.56. The van der Waals surface area contributed by atoms with Crippen molar-refractivity contribution in [1.29, 1.82) is 0 Å². The molecular formula is C25H20FNO. The predicted octanol–water partition coefficient (Wildman–Crippen LogP) is 6.06. The molecule has 4 rings (SSSR count). The van der Waals surface area contributed by atoms with E-state index in [4.69, 9.17) is 4.74 Å². The fourth-order valence-corrected chi connectivity index (χ4v) is 3.04. The summed E-state index contributed by atoms with van der Waals surface area (Å²) in [6, 6.07) is 28.9. The van der Waals surface area contributed by atoms with Crippen molar-refractivity contribution < 1.29 is 9.13 Å². The van der Waals surface area contributed by atoms with Crippen LogP contribution in [-0.2, 0) is 13.0 Å². The molecule has 0 saturated heterocycles. The quantitative estimate of drug-likeness (QED) is 0.412. The number of aromatic nitrogens is 1. The minimum Gasteiger partial charge on any atom is -0.486 e. The topological polar surface area (TPSA) is 22.1 Å². The van der Waals surface area contributed by atoms with Crippen LogP contribution in [0.15, 0.2) is 97.2 Å². The van der Waals surface area contributed by atoms with Gasteiger partial charge in [0.1, 0.15) is 6.61 Å². The Morgan fingerprint density at radius 1 is 0.714 bits per heavy atom. The summed E-state index contributed by atoms with van der Waals surface area (Å²) in [5, 5.41) is 0. The van der Waals surface area contributed by atoms with E-state index in [1.165, 1.54) is 11.6 Å². The third-order valence-electron chi connectivity index (χ3n) is 4.56. The van der Waals surface area contributed by atoms with Crippen molar-refractivity contribution in [3.8, 4) is 16.9 Å². The van der Waals surface area contributed by atoms with Gasteiger partial charge < -0.3 is 4.74 Å². The van der Waals surface area contributed by atoms with Gasteiger partial charge in [0.2, 0.25) is 0 Å². The van der Waals surface area contributed by atoms with E-state index >= 15 is 0 Å². The van der Waals surface area contributed by atoms with Gasteiger partial charge in [0.15, 0.2) is 11.6 Å². The number of ether oxygens (including phenoxy) is 1. The normalized spacial score (nSPS) is 10.6. The SMILES string of the molecule is Fc1cc(-c2ccc(Cc3ccccc3)nc2)ccc1OCc1ccccc1. The van der Waals surface area contributed by atoms with Crippen molar-refractivity contribution in [2.24, 2.45) is 0 Å². The van der Waals surface area contributed by atoms with Crippen LogP contribution in [0.4, 0.5) is 4.39 Å². The van der Waals surface area contributed by atoms with Gasteiger partial charge in [-0.25, -0.2) is 4.39 Å². The lowest BCUT2D eigenvalue weighted by Crippen LogP contribution is -1.97. The van der Waals surface area contributed by atoms with Crippen LogP contribution in [0.2, 0.25) is 0 Å². The van der Waals surface area contributed by atoms with Gasteiger partial charge in [-0.2, -0.15) is 0 Å². The largest absolute Gasteiger partial charge is 0.486 e. The molecule has 0 bridgehead atoms. The molecule has 0 fully saturated rings. The zero-order valence-electron chi connectivity index (χ0n) is 15.4. The van der Waals surface area contributed by atoms with Crippen LogP contribution in [0, 0.1) is 5.82 Å². The van der Waals surface area contributed by atoms with E-state index in [0.29, 0.717) is 6.61 Å². The summed E-state index contributed by atoms with van der Waals surface area (Å²) in [6.45, 7) is 0.340. The Labute approximate surface area is 164 Å². The standard InChI is InChI=1S/C25H20FNO/c26-24-16-21(12-14-25(24)28-18-20-9-5-2-6-10-20)22-11-13-23(27-17-22)15-19-7-3-1-4-8-19/h1-14,16-17H,15,18H2. The minimum absolute atomic E-state index is 0.251. The van der Waals surface area contributed by atoms with E-state index in [2.05, 4.69) is 17.1 Å². The van der Waals surface area contributed by atoms with Crippen molar-refractivity contribution in [1.82, 2.24) is 4.98 Å². The van der Waals surface area contributed by atoms with E-state index in [1.54, 1.807) is 12.3 Å². The second-order valence-electron chi connectivity index (χ2n) is 6.62. The van der Waals surface area contributed by atoms with E-state index in [9.17, 15) is 4.39 Å². The molecule has 138 valence electrons. The summed E-state index contributed by atoms with van der Waals surface area (Å²) in [6.07, 6.45) is 2.57. The van der Waals surface area contributed by atoms with E-state index < -0.39 is 0 Å². The van der Waals surface area contributed by atoms with Crippen LogP contribution >= 0.6 is 0 Å². The fraction of sp³-hybridized carbons (Fsp3) is 0.0800. The number of hydrogen-bond acceptors (Lipinski definition) is 2. The number of hydrogen-bond donors (Lipinski definition) is 0. The van der Waals surface area contributed by atoms with Crippen LogP contribution in [-0.4, -0.2) is 4.98 Å². The number of nitrogens with zero attached hydrogens (tertiary/aromatic N) is 1. The Kier molecular flexibility index (Phi) is 5.43. The Balaban J connectivity index is 1.45. The summed E-state index contributed by atoms with van der Waals surface area (Å²) in [5.74, 6) is -0.122. The van der Waals surface area contributed by atoms with Gasteiger partial charge in [0, 0.05) is 23.9 Å². The fourth-order valence-electron chi connectivity index (χ4n) is 3.04. The van der Waals surface area contributed by atoms with Crippen LogP contribution in [0.5, 0.6) is 5.75 Å². The lowest BCUT2D eigenvalue weighted by Gasteiger charge is -2.09. The van der Waals surface area contributed by atoms with Crippen LogP contribution < -0.4 is 4.74 Å². The minimum atomic E-state index is -0.373. The van der Waals surface area contributed by atoms with Gasteiger partial charge in [-0.15, -0.1) is 0 Å². The molecule has 3 heteroatoms. The Morgan fingerprint density at radius 2 is 1.39 bits per heavy atom. The molecule has 0 aliphatic carbocycles. The van der Waals surface area contributed by atoms with E-state index in [0.717, 1.165) is 28.8 Å². The first kappa shape index (κ1) is 17.9. The predicted molar refractivity (Wildman–Crippen MR) is 110 cm³/mol. The first-order valence-corrected chi connectivity index (χ1v) is 9.23. The molecule has 28 heavy (non-hydrogen) atoms. The molecule has 0 unspecified atom stereocenters. The lowest BCUT2D eigenvalue weighted by atomic mass is 10.1. The van der Waals surface area contributed by atoms with E-state index in [-0.39, 0.29) is 11.6 Å². The summed E-state index contributed by atoms with van der Waals surface area (Å²) < 4.78 is 20.1. The smallest absolute Gasteiger partial charge is 0.165 e. The molecule has 0 atom stereocenters. The zero-order valence-corrected chi connectivity index (χ0v) is 15.4. The molecule has 4 aromatic rings. The summed E-state index contributed by atoms with van der Waals surface area (Å²) >= 11 is 0. The Morgan fingerprint density at radius 3 is 2.04 bits per heavy atom. The molecule has 0 radical (unpaired) electrons. The van der Waals surface area contributed by atoms with Gasteiger partial charge >= 0.3 is 0 Å². The number of halogens is 1. The molecule has 1 heterocycles. The summed E-state index contributed by atoms with van der Waals surface area (Å²) in [4.78, 5) is 4.52. The van der Waals surface area contributed by atoms with Crippen molar-refractivity contribution in [3.05, 3.63) is 120 Å². The maximum Gasteiger partial charge on any atom is 0.165 e. The Hall–Kier alpha value is -3.46. The Bertz CT molecular complexity index is 1030. The average molecular weight is 369 g/mol. The second-order valence-corrected chi connectivity index (χ2v) is 6.62. The number of rotatable bonds is 6. The molecule has 1 aromatic heterocycles. The zero-order chi connectivity index (χ0) is 19.2. The third kappa shape index (κ3) is 4.44. The van der Waals surface area contributed by atoms with Crippen LogP contribution in [0.3, 0.4) is 0 Å². The van der Waals surface area contributed by atoms with Crippen molar-refractivity contribution in [2.75, 3.05) is 0 Å². The maximum absolute atomic E-state index is 14.5. The van der Waals surface area contributed by atoms with Crippen molar-refractivity contribution in [2.45, 2.75) is 13.0 Å². The van der Waals surface area contributed by atoms with Crippen molar-refractivity contribution >= 4 is 0 Å². The summed E-state index contributed by atoms with van der Waals surface area (Å²) in [5.41, 5.74) is 4.87. The van der Waals surface area contributed by atoms with Gasteiger partial charge in [-0.1, -0.05) is 72.8 Å². The van der Waals surface area contributed by atoms with Gasteiger partial charge in [0.05, 0.1) is 0 Å². The lowest BCUT2D eigenvalue weighted by molar-refractivity contribution is 0.290. The maximum atomic E-state index is 14.5. The molecule has 0 aliphatic heterocycles. The molecule has 0 saturated carbocycles. The molecule has 3 aromatic carbocycles. The highest BCUT2D eigenvalue weighted by Crippen LogP contribution is 2.26. The molecular weight excluding hydrogens is 349 g/mol. The highest BCUT2D eigenvalue weighted by Gasteiger charge is 2.08. The van der Waals surface area contributed by atoms with Crippen molar-refractivity contribution in [3.63, 3.8) is 0 Å². The van der Waals surface area contributed by atoms with Crippen LogP contribution in [0.1, 0.15) is 16.8 Å². The monoisotopic (exact) mass is 369 g/mol. The first-order chi connectivity index (χ1) is 13.8. The average Bonchev–Trinajstić information content (AvgIpc) is 2.75. The first-order valence-electron chi connectivity index (χ1n) is 9.23. The highest BCUT2D eigenvalue weighted by molar-refractivity contribution is 5.63. The molecule has 2 nitrogen and oxygen atoms in total.